The van der Waals surface area contributed by atoms with Crippen LogP contribution in [0.25, 0.3) is 0 Å². The summed E-state index contributed by atoms with van der Waals surface area (Å²) in [5.74, 6) is -0.175. The number of aliphatic hydroxyl groups excluding tert-OH is 1. The number of amides is 1. The van der Waals surface area contributed by atoms with Crippen LogP contribution in [0.3, 0.4) is 0 Å². The lowest BCUT2D eigenvalue weighted by molar-refractivity contribution is 0.0838. The van der Waals surface area contributed by atoms with Gasteiger partial charge in [-0.15, -0.1) is 0 Å². The van der Waals surface area contributed by atoms with Gasteiger partial charge in [-0.3, -0.25) is 4.79 Å². The zero-order chi connectivity index (χ0) is 13.2. The highest BCUT2D eigenvalue weighted by Gasteiger charge is 2.04. The third-order valence-corrected chi connectivity index (χ3v) is 2.27. The molecule has 0 bridgehead atoms. The summed E-state index contributed by atoms with van der Waals surface area (Å²) in [4.78, 5) is 11.7. The molecule has 0 atom stereocenters. The monoisotopic (exact) mass is 248 g/mol. The highest BCUT2D eigenvalue weighted by molar-refractivity contribution is 5.94. The highest BCUT2D eigenvalue weighted by Crippen LogP contribution is 2.04. The summed E-state index contributed by atoms with van der Waals surface area (Å²) in [5.41, 5.74) is 1.44. The van der Waals surface area contributed by atoms with Crippen molar-refractivity contribution >= 4 is 5.91 Å². The molecule has 1 aromatic rings. The first-order valence-electron chi connectivity index (χ1n) is 5.70. The van der Waals surface area contributed by atoms with Gasteiger partial charge in [0.1, 0.15) is 0 Å². The highest BCUT2D eigenvalue weighted by atomic mass is 16.5. The molecule has 1 rings (SSSR count). The van der Waals surface area contributed by atoms with Gasteiger partial charge in [0.25, 0.3) is 5.91 Å². The molecule has 0 aromatic heterocycles. The van der Waals surface area contributed by atoms with E-state index in [2.05, 4.69) is 5.32 Å². The maximum absolute atomic E-state index is 11.7. The number of carbonyl (C=O) groups excluding carboxylic acids is 1. The number of hydrogen-bond donors (Lipinski definition) is 2. The number of nitrogens with zero attached hydrogens (tertiary/aromatic N) is 1. The number of aliphatic hydroxyl groups is 1. The Balaban J connectivity index is 2.35. The SMILES string of the molecule is N#CCc1ccc(C(=O)NCCOCCO)cc1. The third kappa shape index (κ3) is 4.95. The number of benzene rings is 1. The van der Waals surface area contributed by atoms with Gasteiger partial charge in [0.15, 0.2) is 0 Å². The first-order valence-corrected chi connectivity index (χ1v) is 5.70. The van der Waals surface area contributed by atoms with Gasteiger partial charge in [-0.2, -0.15) is 5.26 Å². The summed E-state index contributed by atoms with van der Waals surface area (Å²) in [6.07, 6.45) is 0.344. The Morgan fingerprint density at radius 1 is 1.33 bits per heavy atom. The summed E-state index contributed by atoms with van der Waals surface area (Å²) < 4.78 is 5.02. The van der Waals surface area contributed by atoms with Crippen LogP contribution >= 0.6 is 0 Å². The van der Waals surface area contributed by atoms with Gasteiger partial charge >= 0.3 is 0 Å². The number of nitriles is 1. The Kier molecular flexibility index (Phi) is 6.47. The van der Waals surface area contributed by atoms with E-state index in [1.807, 2.05) is 6.07 Å². The molecule has 0 radical (unpaired) electrons. The van der Waals surface area contributed by atoms with Crippen molar-refractivity contribution in [1.29, 1.82) is 5.26 Å². The zero-order valence-corrected chi connectivity index (χ0v) is 10.1. The van der Waals surface area contributed by atoms with Crippen molar-refractivity contribution in [2.45, 2.75) is 6.42 Å². The van der Waals surface area contributed by atoms with Crippen LogP contribution in [-0.2, 0) is 11.2 Å². The van der Waals surface area contributed by atoms with E-state index in [9.17, 15) is 4.79 Å². The molecule has 0 heterocycles. The van der Waals surface area contributed by atoms with E-state index < -0.39 is 0 Å². The summed E-state index contributed by atoms with van der Waals surface area (Å²) in [6, 6.07) is 8.96. The van der Waals surface area contributed by atoms with Crippen molar-refractivity contribution in [3.8, 4) is 6.07 Å². The normalized spacial score (nSPS) is 9.78. The molecule has 0 fully saturated rings. The fourth-order valence-corrected chi connectivity index (χ4v) is 1.37. The number of nitrogens with one attached hydrogen (secondary N) is 1. The van der Waals surface area contributed by atoms with Crippen LogP contribution in [0.15, 0.2) is 24.3 Å². The van der Waals surface area contributed by atoms with Gasteiger partial charge in [-0.05, 0) is 17.7 Å². The van der Waals surface area contributed by atoms with Crippen molar-refractivity contribution in [2.24, 2.45) is 0 Å². The maximum atomic E-state index is 11.7. The zero-order valence-electron chi connectivity index (χ0n) is 10.1. The minimum Gasteiger partial charge on any atom is -0.394 e. The lowest BCUT2D eigenvalue weighted by Crippen LogP contribution is -2.27. The predicted octanol–water partition coefficient (Wildman–Crippen LogP) is 0.491. The van der Waals surface area contributed by atoms with Gasteiger partial charge in [0.2, 0.25) is 0 Å². The van der Waals surface area contributed by atoms with Crippen LogP contribution in [0.5, 0.6) is 0 Å². The molecule has 0 saturated heterocycles. The van der Waals surface area contributed by atoms with Gasteiger partial charge in [0, 0.05) is 12.1 Å². The lowest BCUT2D eigenvalue weighted by atomic mass is 10.1. The van der Waals surface area contributed by atoms with Crippen molar-refractivity contribution in [3.63, 3.8) is 0 Å². The van der Waals surface area contributed by atoms with E-state index >= 15 is 0 Å². The fraction of sp³-hybridized carbons (Fsp3) is 0.385. The summed E-state index contributed by atoms with van der Waals surface area (Å²) >= 11 is 0. The van der Waals surface area contributed by atoms with E-state index in [1.54, 1.807) is 24.3 Å². The maximum Gasteiger partial charge on any atom is 0.251 e. The number of hydrogen-bond acceptors (Lipinski definition) is 4. The lowest BCUT2D eigenvalue weighted by Gasteiger charge is -2.06. The average Bonchev–Trinajstić information content (AvgIpc) is 2.39. The van der Waals surface area contributed by atoms with Crippen LogP contribution in [-0.4, -0.2) is 37.4 Å². The molecule has 0 aliphatic rings. The second kappa shape index (κ2) is 8.23. The second-order valence-corrected chi connectivity index (χ2v) is 3.62. The van der Waals surface area contributed by atoms with Crippen LogP contribution in [0.1, 0.15) is 15.9 Å². The van der Waals surface area contributed by atoms with E-state index in [4.69, 9.17) is 15.1 Å². The topological polar surface area (TPSA) is 82.4 Å². The second-order valence-electron chi connectivity index (χ2n) is 3.62. The molecule has 18 heavy (non-hydrogen) atoms. The van der Waals surface area contributed by atoms with Crippen molar-refractivity contribution < 1.29 is 14.6 Å². The summed E-state index contributed by atoms with van der Waals surface area (Å²) in [7, 11) is 0. The molecule has 0 saturated carbocycles. The van der Waals surface area contributed by atoms with Gasteiger partial charge in [0.05, 0.1) is 32.3 Å². The molecule has 2 N–H and O–H groups in total. The average molecular weight is 248 g/mol. The van der Waals surface area contributed by atoms with Crippen molar-refractivity contribution in [3.05, 3.63) is 35.4 Å². The molecular formula is C13H16N2O3. The van der Waals surface area contributed by atoms with E-state index in [0.717, 1.165) is 5.56 Å². The molecular weight excluding hydrogens is 232 g/mol. The molecule has 5 nitrogen and oxygen atoms in total. The Bertz CT molecular complexity index is 409. The third-order valence-electron chi connectivity index (χ3n) is 2.27. The Morgan fingerprint density at radius 3 is 2.67 bits per heavy atom. The molecule has 1 aromatic carbocycles. The largest absolute Gasteiger partial charge is 0.394 e. The molecule has 1 amide bonds. The summed E-state index contributed by atoms with van der Waals surface area (Å²) in [5, 5.41) is 19.7. The molecule has 0 spiro atoms. The smallest absolute Gasteiger partial charge is 0.251 e. The van der Waals surface area contributed by atoms with Crippen molar-refractivity contribution in [1.82, 2.24) is 5.32 Å². The molecule has 0 unspecified atom stereocenters. The fourth-order valence-electron chi connectivity index (χ4n) is 1.37. The van der Waals surface area contributed by atoms with Crippen LogP contribution in [0.4, 0.5) is 0 Å². The Hall–Kier alpha value is -1.90. The van der Waals surface area contributed by atoms with E-state index in [0.29, 0.717) is 25.1 Å². The molecule has 5 heteroatoms. The van der Waals surface area contributed by atoms with Crippen LogP contribution < -0.4 is 5.32 Å². The molecule has 0 aliphatic heterocycles. The summed E-state index contributed by atoms with van der Waals surface area (Å²) in [6.45, 7) is 1.03. The standard InChI is InChI=1S/C13H16N2O3/c14-6-5-11-1-3-12(4-2-11)13(17)15-7-9-18-10-8-16/h1-4,16H,5,7-10H2,(H,15,17). The number of rotatable bonds is 7. The number of ether oxygens (including phenoxy) is 1. The Morgan fingerprint density at radius 2 is 2.06 bits per heavy atom. The molecule has 96 valence electrons. The van der Waals surface area contributed by atoms with Gasteiger partial charge in [-0.25, -0.2) is 0 Å². The van der Waals surface area contributed by atoms with Crippen LogP contribution in [0, 0.1) is 11.3 Å². The van der Waals surface area contributed by atoms with Gasteiger partial charge < -0.3 is 15.2 Å². The number of carbonyl (C=O) groups is 1. The quantitative estimate of drug-likeness (QED) is 0.688. The van der Waals surface area contributed by atoms with Gasteiger partial charge in [-0.1, -0.05) is 12.1 Å². The van der Waals surface area contributed by atoms with Crippen molar-refractivity contribution in [2.75, 3.05) is 26.4 Å². The first kappa shape index (κ1) is 14.2. The minimum atomic E-state index is -0.175. The minimum absolute atomic E-state index is 0.0195. The van der Waals surface area contributed by atoms with Crippen LogP contribution in [0.2, 0.25) is 0 Å². The first-order chi connectivity index (χ1) is 8.77. The van der Waals surface area contributed by atoms with E-state index in [1.165, 1.54) is 0 Å². The Labute approximate surface area is 106 Å². The molecule has 0 aliphatic carbocycles. The van der Waals surface area contributed by atoms with E-state index in [-0.39, 0.29) is 19.1 Å². The predicted molar refractivity (Wildman–Crippen MR) is 66.0 cm³/mol.